The van der Waals surface area contributed by atoms with Crippen molar-refractivity contribution >= 4 is 33.3 Å². The van der Waals surface area contributed by atoms with Crippen LogP contribution in [0, 0.1) is 11.6 Å². The standard InChI is InChI=1S/C8H8.C6H3F2.CH3NO2.Sb/c1-2-8-6-4-3-5-7-8;7-5-2-1-3-6(8)4-5;2-1(3)4;/h3-6H,1-2H2;1-2,4H;2H2,(H,3,4);. The van der Waals surface area contributed by atoms with E-state index in [1.807, 2.05) is 12.1 Å². The fourth-order valence-corrected chi connectivity index (χ4v) is 9.66. The molecule has 1 heterocycles. The molecule has 0 atom stereocenters. The smallest absolute Gasteiger partial charge is 0.402 e. The number of amides is 1. The van der Waals surface area contributed by atoms with Crippen molar-refractivity contribution in [2.24, 2.45) is 5.73 Å². The molecule has 110 valence electrons. The van der Waals surface area contributed by atoms with Gasteiger partial charge in [0, 0.05) is 0 Å². The van der Waals surface area contributed by atoms with Gasteiger partial charge in [0.1, 0.15) is 0 Å². The van der Waals surface area contributed by atoms with Crippen LogP contribution in [-0.2, 0) is 6.42 Å². The second kappa shape index (κ2) is 6.90. The molecule has 0 aromatic heterocycles. The van der Waals surface area contributed by atoms with Gasteiger partial charge in [-0.15, -0.1) is 0 Å². The first-order chi connectivity index (χ1) is 9.99. The van der Waals surface area contributed by atoms with E-state index in [4.69, 9.17) is 9.90 Å². The van der Waals surface area contributed by atoms with Crippen molar-refractivity contribution in [2.45, 2.75) is 10.8 Å². The van der Waals surface area contributed by atoms with Crippen LogP contribution in [0.2, 0.25) is 4.37 Å². The van der Waals surface area contributed by atoms with E-state index in [1.165, 1.54) is 15.1 Å². The Labute approximate surface area is 128 Å². The molecule has 2 aromatic rings. The zero-order chi connectivity index (χ0) is 15.4. The Morgan fingerprint density at radius 2 is 1.81 bits per heavy atom. The van der Waals surface area contributed by atoms with E-state index in [2.05, 4.69) is 17.9 Å². The van der Waals surface area contributed by atoms with Crippen LogP contribution in [0.1, 0.15) is 5.56 Å². The summed E-state index contributed by atoms with van der Waals surface area (Å²) in [5.74, 6) is -0.844. The number of hydrogen-bond acceptors (Lipinski definition) is 1. The Kier molecular flexibility index (Phi) is 5.18. The van der Waals surface area contributed by atoms with E-state index in [9.17, 15) is 8.78 Å². The Morgan fingerprint density at radius 1 is 1.14 bits per heavy atom. The first-order valence-electron chi connectivity index (χ1n) is 6.28. The molecule has 0 saturated carbocycles. The number of benzene rings is 2. The molecule has 3 N–H and O–H groups in total. The van der Waals surface area contributed by atoms with Crippen LogP contribution in [0.5, 0.6) is 0 Å². The minimum absolute atomic E-state index is 0.357. The van der Waals surface area contributed by atoms with Gasteiger partial charge in [-0.05, 0) is 0 Å². The van der Waals surface area contributed by atoms with Crippen LogP contribution in [0.25, 0.3) is 0 Å². The summed E-state index contributed by atoms with van der Waals surface area (Å²) in [6.45, 7) is 0. The van der Waals surface area contributed by atoms with Gasteiger partial charge >= 0.3 is 113 Å². The van der Waals surface area contributed by atoms with Gasteiger partial charge in [-0.3, -0.25) is 0 Å². The Bertz CT molecular complexity index is 660. The molecule has 1 aliphatic rings. The molecule has 0 bridgehead atoms. The van der Waals surface area contributed by atoms with Gasteiger partial charge in [-0.25, -0.2) is 4.79 Å². The summed E-state index contributed by atoms with van der Waals surface area (Å²) in [6, 6.07) is 12.3. The summed E-state index contributed by atoms with van der Waals surface area (Å²) in [5, 5.41) is 7.19. The summed E-state index contributed by atoms with van der Waals surface area (Å²) in [4.78, 5) is 8.78. The van der Waals surface area contributed by atoms with Gasteiger partial charge in [0.05, 0.1) is 0 Å². The Hall–Kier alpha value is -1.61. The largest absolute Gasteiger partial charge is 0.465 e. The third-order valence-corrected chi connectivity index (χ3v) is 10.6. The van der Waals surface area contributed by atoms with E-state index in [-0.39, 0.29) is 5.82 Å². The molecule has 3 nitrogen and oxygen atoms in total. The van der Waals surface area contributed by atoms with Crippen molar-refractivity contribution < 1.29 is 18.7 Å². The molecule has 6 heteroatoms. The fourth-order valence-electron chi connectivity index (χ4n) is 2.29. The SMILES string of the molecule is Fc1cc[c]([Sb]2[CH2]Cc3cccc[c]32)c(F)c1.NC(=O)O. The number of fused-ring (bicyclic) bond motifs is 1. The van der Waals surface area contributed by atoms with Gasteiger partial charge < -0.3 is 10.8 Å². The van der Waals surface area contributed by atoms with Crippen molar-refractivity contribution in [1.29, 1.82) is 0 Å². The quantitative estimate of drug-likeness (QED) is 0.717. The Morgan fingerprint density at radius 3 is 2.48 bits per heavy atom. The second-order valence-electron chi connectivity index (χ2n) is 4.46. The first kappa shape index (κ1) is 15.8. The minimum atomic E-state index is -1.92. The third-order valence-electron chi connectivity index (χ3n) is 3.09. The van der Waals surface area contributed by atoms with Crippen molar-refractivity contribution in [3.05, 3.63) is 59.7 Å². The summed E-state index contributed by atoms with van der Waals surface area (Å²) in [5.41, 5.74) is 5.39. The maximum atomic E-state index is 13.8. The summed E-state index contributed by atoms with van der Waals surface area (Å²) < 4.78 is 30.0. The first-order valence-corrected chi connectivity index (χ1v) is 10.6. The molecular formula is C15H14F2NO2Sb. The minimum Gasteiger partial charge on any atom is -0.465 e. The van der Waals surface area contributed by atoms with Crippen LogP contribution in [0.3, 0.4) is 0 Å². The van der Waals surface area contributed by atoms with Crippen LogP contribution < -0.4 is 12.8 Å². The molecule has 0 aliphatic carbocycles. The molecule has 3 rings (SSSR count). The van der Waals surface area contributed by atoms with E-state index < -0.39 is 32.1 Å². The van der Waals surface area contributed by atoms with Crippen molar-refractivity contribution in [1.82, 2.24) is 0 Å². The van der Waals surface area contributed by atoms with E-state index in [0.29, 0.717) is 0 Å². The summed E-state index contributed by atoms with van der Waals surface area (Å²) in [6.07, 6.45) is -0.282. The predicted molar refractivity (Wildman–Crippen MR) is 78.5 cm³/mol. The molecule has 1 amide bonds. The molecule has 0 spiro atoms. The van der Waals surface area contributed by atoms with Gasteiger partial charge in [-0.2, -0.15) is 0 Å². The third kappa shape index (κ3) is 3.94. The number of nitrogens with two attached hydrogens (primary N) is 1. The molecule has 0 saturated heterocycles. The van der Waals surface area contributed by atoms with E-state index >= 15 is 0 Å². The molecular weight excluding hydrogens is 386 g/mol. The van der Waals surface area contributed by atoms with Gasteiger partial charge in [0.2, 0.25) is 0 Å². The molecule has 0 unspecified atom stereocenters. The Balaban J connectivity index is 0.000000361. The predicted octanol–water partition coefficient (Wildman–Crippen LogP) is 1.75. The molecule has 0 radical (unpaired) electrons. The second-order valence-corrected chi connectivity index (χ2v) is 10.9. The maximum Gasteiger partial charge on any atom is 0.402 e. The zero-order valence-corrected chi connectivity index (χ0v) is 13.6. The average molecular weight is 400 g/mol. The van der Waals surface area contributed by atoms with E-state index in [1.54, 1.807) is 6.07 Å². The number of halogens is 2. The molecule has 1 aliphatic heterocycles. The number of carbonyl (C=O) groups is 1. The number of carboxylic acid groups (broad SMARTS) is 1. The maximum absolute atomic E-state index is 13.8. The van der Waals surface area contributed by atoms with Crippen molar-refractivity contribution in [3.63, 3.8) is 0 Å². The zero-order valence-electron chi connectivity index (χ0n) is 11.1. The molecule has 0 fully saturated rings. The molecule has 21 heavy (non-hydrogen) atoms. The monoisotopic (exact) mass is 399 g/mol. The molecule has 2 aromatic carbocycles. The van der Waals surface area contributed by atoms with Crippen molar-refractivity contribution in [2.75, 3.05) is 0 Å². The van der Waals surface area contributed by atoms with Crippen LogP contribution in [0.4, 0.5) is 13.6 Å². The van der Waals surface area contributed by atoms with Crippen LogP contribution in [-0.4, -0.2) is 31.4 Å². The number of aryl methyl sites for hydroxylation is 1. The van der Waals surface area contributed by atoms with Crippen LogP contribution in [0.15, 0.2) is 42.5 Å². The number of rotatable bonds is 1. The fraction of sp³-hybridized carbons (Fsp3) is 0.133. The number of hydrogen-bond donors (Lipinski definition) is 2. The number of primary amides is 1. The van der Waals surface area contributed by atoms with Gasteiger partial charge in [0.25, 0.3) is 0 Å². The van der Waals surface area contributed by atoms with Gasteiger partial charge in [-0.1, -0.05) is 0 Å². The average Bonchev–Trinajstić information content (AvgIpc) is 2.82. The van der Waals surface area contributed by atoms with E-state index in [0.717, 1.165) is 20.4 Å². The van der Waals surface area contributed by atoms with Crippen molar-refractivity contribution in [3.8, 4) is 0 Å². The summed E-state index contributed by atoms with van der Waals surface area (Å²) in [7, 11) is 0. The topological polar surface area (TPSA) is 63.3 Å². The summed E-state index contributed by atoms with van der Waals surface area (Å²) >= 11 is -1.92. The van der Waals surface area contributed by atoms with Gasteiger partial charge in [0.15, 0.2) is 0 Å². The van der Waals surface area contributed by atoms with Crippen LogP contribution >= 0.6 is 0 Å². The normalized spacial score (nSPS) is 13.2.